The second kappa shape index (κ2) is 11.2. The Kier molecular flexibility index (Phi) is 8.70. The predicted molar refractivity (Wildman–Crippen MR) is 142 cm³/mol. The van der Waals surface area contributed by atoms with Gasteiger partial charge in [-0.15, -0.1) is 68.1 Å². The topological polar surface area (TPSA) is 0 Å². The molecule has 3 heteroatoms. The first kappa shape index (κ1) is 28.0. The first-order chi connectivity index (χ1) is 16.1. The van der Waals surface area contributed by atoms with E-state index in [0.717, 1.165) is 0 Å². The van der Waals surface area contributed by atoms with E-state index >= 15 is 0 Å². The van der Waals surface area contributed by atoms with E-state index in [-0.39, 0.29) is 51.9 Å². The minimum absolute atomic E-state index is 0. The van der Waals surface area contributed by atoms with Crippen molar-refractivity contribution in [1.29, 1.82) is 0 Å². The van der Waals surface area contributed by atoms with Gasteiger partial charge in [0.1, 0.15) is 0 Å². The maximum Gasteiger partial charge on any atom is 4.00 e. The van der Waals surface area contributed by atoms with Crippen LogP contribution in [0.3, 0.4) is 0 Å². The summed E-state index contributed by atoms with van der Waals surface area (Å²) in [6.45, 7) is 4.80. The Morgan fingerprint density at radius 2 is 0.806 bits per heavy atom. The first-order valence-electron chi connectivity index (χ1n) is 11.6. The first-order valence-corrected chi connectivity index (χ1v) is 11.6. The molecule has 0 aliphatic carbocycles. The van der Waals surface area contributed by atoms with Crippen LogP contribution >= 0.6 is 0 Å². The van der Waals surface area contributed by atoms with Gasteiger partial charge in [0.2, 0.25) is 0 Å². The molecule has 0 N–H and O–H groups in total. The number of benzene rings is 4. The van der Waals surface area contributed by atoms with E-state index in [4.69, 9.17) is 0 Å². The second-order valence-corrected chi connectivity index (χ2v) is 9.40. The second-order valence-electron chi connectivity index (χ2n) is 9.40. The third kappa shape index (κ3) is 4.60. The zero-order valence-electron chi connectivity index (χ0n) is 20.3. The smallest absolute Gasteiger partial charge is 1.00 e. The molecule has 0 radical (unpaired) electrons. The van der Waals surface area contributed by atoms with Gasteiger partial charge in [0.15, 0.2) is 0 Å². The average molecular weight is 541 g/mol. The van der Waals surface area contributed by atoms with E-state index in [1.807, 2.05) is 0 Å². The number of rotatable bonds is 4. The van der Waals surface area contributed by atoms with Gasteiger partial charge in [0.05, 0.1) is 0 Å². The van der Waals surface area contributed by atoms with Crippen LogP contribution in [0.2, 0.25) is 0 Å². The van der Waals surface area contributed by atoms with E-state index in [0.29, 0.717) is 0 Å². The van der Waals surface area contributed by atoms with Gasteiger partial charge in [-0.1, -0.05) is 127 Å². The van der Waals surface area contributed by atoms with Crippen LogP contribution in [0.1, 0.15) is 25.0 Å². The van der Waals surface area contributed by atoms with Gasteiger partial charge >= 0.3 is 21.7 Å². The van der Waals surface area contributed by atoms with Crippen LogP contribution in [0, 0.1) is 0 Å². The number of hydrogen-bond acceptors (Lipinski definition) is 0. The molecule has 6 rings (SSSR count). The molecule has 0 unspecified atom stereocenters. The normalized spacial score (nSPS) is 10.9. The van der Waals surface area contributed by atoms with Gasteiger partial charge in [0.25, 0.3) is 0 Å². The quantitative estimate of drug-likeness (QED) is 0.238. The largest absolute Gasteiger partial charge is 4.00 e. The molecule has 0 atom stereocenters. The Balaban J connectivity index is 0.00000120. The third-order valence-corrected chi connectivity index (χ3v) is 7.02. The number of halogens is 2. The van der Waals surface area contributed by atoms with Crippen molar-refractivity contribution in [3.8, 4) is 22.3 Å². The summed E-state index contributed by atoms with van der Waals surface area (Å²) >= 11 is 0. The molecule has 176 valence electrons. The Morgan fingerprint density at radius 1 is 0.472 bits per heavy atom. The molecule has 0 aromatic heterocycles. The zero-order valence-corrected chi connectivity index (χ0v) is 23.4. The fourth-order valence-corrected chi connectivity index (χ4v) is 5.61. The summed E-state index contributed by atoms with van der Waals surface area (Å²) in [6, 6.07) is 44.0. The van der Waals surface area contributed by atoms with Crippen molar-refractivity contribution in [2.24, 2.45) is 0 Å². The van der Waals surface area contributed by atoms with E-state index < -0.39 is 0 Å². The summed E-state index contributed by atoms with van der Waals surface area (Å²) in [7, 11) is 0. The summed E-state index contributed by atoms with van der Waals surface area (Å²) in [5, 5.41) is 5.28. The van der Waals surface area contributed by atoms with Crippen LogP contribution in [0.4, 0.5) is 0 Å². The number of hydrogen-bond donors (Lipinski definition) is 0. The Morgan fingerprint density at radius 3 is 1.19 bits per heavy atom. The molecule has 0 fully saturated rings. The molecule has 0 heterocycles. The molecule has 0 bridgehead atoms. The van der Waals surface area contributed by atoms with Gasteiger partial charge in [0, 0.05) is 0 Å². The predicted octanol–water partition coefficient (Wildman–Crippen LogP) is 3.10. The molecule has 36 heavy (non-hydrogen) atoms. The summed E-state index contributed by atoms with van der Waals surface area (Å²) in [6.07, 6.45) is 0. The van der Waals surface area contributed by atoms with Crippen LogP contribution < -0.4 is 24.8 Å². The molecule has 0 nitrogen and oxygen atoms in total. The van der Waals surface area contributed by atoms with Crippen molar-refractivity contribution in [2.45, 2.75) is 19.3 Å². The molecular formula is C33H26Cl2Ti. The maximum absolute atomic E-state index is 2.40. The molecule has 0 amide bonds. The van der Waals surface area contributed by atoms with Crippen LogP contribution in [-0.4, -0.2) is 0 Å². The Bertz CT molecular complexity index is 1450. The molecule has 0 aliphatic rings. The van der Waals surface area contributed by atoms with Gasteiger partial charge in [-0.05, 0) is 0 Å². The molecule has 0 spiro atoms. The van der Waals surface area contributed by atoms with Gasteiger partial charge in [-0.3, -0.25) is 0 Å². The molecule has 0 saturated heterocycles. The van der Waals surface area contributed by atoms with Crippen molar-refractivity contribution >= 4 is 21.5 Å². The molecule has 0 saturated carbocycles. The Labute approximate surface area is 240 Å². The third-order valence-electron chi connectivity index (χ3n) is 7.02. The van der Waals surface area contributed by atoms with Crippen LogP contribution in [0.25, 0.3) is 43.8 Å². The number of fused-ring (bicyclic) bond motifs is 2. The average Bonchev–Trinajstić information content (AvgIpc) is 3.45. The molecule has 0 aliphatic heterocycles. The fourth-order valence-electron chi connectivity index (χ4n) is 5.61. The Hall–Kier alpha value is -2.61. The maximum atomic E-state index is 2.40. The summed E-state index contributed by atoms with van der Waals surface area (Å²) in [4.78, 5) is 0. The fraction of sp³-hybridized carbons (Fsp3) is 0.0909. The van der Waals surface area contributed by atoms with Crippen LogP contribution in [0.15, 0.2) is 121 Å². The summed E-state index contributed by atoms with van der Waals surface area (Å²) in [5.74, 6) is 0. The summed E-state index contributed by atoms with van der Waals surface area (Å²) < 4.78 is 0. The monoisotopic (exact) mass is 540 g/mol. The van der Waals surface area contributed by atoms with E-state index in [1.165, 1.54) is 54.9 Å². The van der Waals surface area contributed by atoms with Gasteiger partial charge in [-0.2, -0.15) is 0 Å². The van der Waals surface area contributed by atoms with Crippen molar-refractivity contribution in [3.63, 3.8) is 0 Å². The van der Waals surface area contributed by atoms with E-state index in [2.05, 4.69) is 135 Å². The van der Waals surface area contributed by atoms with Gasteiger partial charge in [-0.25, -0.2) is 0 Å². The van der Waals surface area contributed by atoms with Crippen molar-refractivity contribution in [1.82, 2.24) is 0 Å². The molecular weight excluding hydrogens is 515 g/mol. The minimum Gasteiger partial charge on any atom is -1.00 e. The van der Waals surface area contributed by atoms with Gasteiger partial charge < -0.3 is 24.8 Å². The SMILES string of the molecule is CC(C)(c1c(-c2ccccc2)[cH-]c2ccccc12)c1c(-c2ccccc2)[cH-]c2ccccc12.[Cl-].[Cl-].[Ti+4]. The summed E-state index contributed by atoms with van der Waals surface area (Å²) in [5.41, 5.74) is 7.79. The molecule has 6 aromatic rings. The van der Waals surface area contributed by atoms with E-state index in [1.54, 1.807) is 0 Å². The zero-order chi connectivity index (χ0) is 22.4. The van der Waals surface area contributed by atoms with E-state index in [9.17, 15) is 0 Å². The van der Waals surface area contributed by atoms with Crippen molar-refractivity contribution in [3.05, 3.63) is 132 Å². The standard InChI is InChI=1S/C33H26.2ClH.Ti/c1-33(2,31-27-19-11-9-17-25(27)21-29(31)23-13-5-3-6-14-23)32-28-20-12-10-18-26(28)22-30(32)24-15-7-4-8-16-24;;;/h3-22H,1-2H3;2*1H;/q-2;;;+4/p-2. The molecule has 6 aromatic carbocycles. The van der Waals surface area contributed by atoms with Crippen LogP contribution in [-0.2, 0) is 27.1 Å². The van der Waals surface area contributed by atoms with Crippen LogP contribution in [0.5, 0.6) is 0 Å². The van der Waals surface area contributed by atoms with Crippen molar-refractivity contribution in [2.75, 3.05) is 0 Å². The minimum atomic E-state index is -0.206. The van der Waals surface area contributed by atoms with Crippen molar-refractivity contribution < 1.29 is 46.5 Å².